The minimum Gasteiger partial charge on any atom is -0.444 e. The molecule has 2 fully saturated rings. The number of nitrogens with zero attached hydrogens (tertiary/aromatic N) is 4. The summed E-state index contributed by atoms with van der Waals surface area (Å²) < 4.78 is 5.48. The number of piperidine rings is 1. The molecule has 2 aromatic carbocycles. The van der Waals surface area contributed by atoms with Crippen LogP contribution in [0, 0.1) is 0 Å². The van der Waals surface area contributed by atoms with E-state index in [0.29, 0.717) is 41.8 Å². The second kappa shape index (κ2) is 11.3. The van der Waals surface area contributed by atoms with Crippen LogP contribution >= 0.6 is 0 Å². The van der Waals surface area contributed by atoms with Crippen molar-refractivity contribution in [1.29, 1.82) is 0 Å². The van der Waals surface area contributed by atoms with E-state index in [0.717, 1.165) is 30.1 Å². The maximum absolute atomic E-state index is 13.2. The fourth-order valence-corrected chi connectivity index (χ4v) is 5.73. The van der Waals surface area contributed by atoms with E-state index in [1.54, 1.807) is 17.0 Å². The summed E-state index contributed by atoms with van der Waals surface area (Å²) in [4.78, 5) is 56.9. The van der Waals surface area contributed by atoms with Crippen LogP contribution in [-0.4, -0.2) is 93.4 Å². The molecule has 4 amide bonds. The standard InChI is InChI=1S/C31H38N4O6/c1-31(2,3)41-30(40)34-16-14-33(15-17-34)18-20-8-10-21(11-9-20)27(37)22-6-5-7-23-24(22)19-35(28(23)38)25-12-13-26(36)32(4)29(25)39/h5-11,25,27,37H,12-19H2,1-4H3. The summed E-state index contributed by atoms with van der Waals surface area (Å²) in [6.45, 7) is 9.26. The van der Waals surface area contributed by atoms with Gasteiger partial charge < -0.3 is 19.6 Å². The first-order valence-electron chi connectivity index (χ1n) is 14.1. The molecule has 0 bridgehead atoms. The number of piperazine rings is 1. The number of amides is 4. The highest BCUT2D eigenvalue weighted by Crippen LogP contribution is 2.35. The minimum atomic E-state index is -0.935. The molecule has 2 saturated heterocycles. The number of hydrogen-bond donors (Lipinski definition) is 1. The number of carbonyl (C=O) groups excluding carboxylic acids is 4. The van der Waals surface area contributed by atoms with Crippen molar-refractivity contribution >= 4 is 23.8 Å². The van der Waals surface area contributed by atoms with Gasteiger partial charge in [-0.1, -0.05) is 36.4 Å². The summed E-state index contributed by atoms with van der Waals surface area (Å²) >= 11 is 0. The van der Waals surface area contributed by atoms with Gasteiger partial charge in [0.2, 0.25) is 5.91 Å². The summed E-state index contributed by atoms with van der Waals surface area (Å²) in [7, 11) is 1.45. The van der Waals surface area contributed by atoms with Crippen molar-refractivity contribution in [3.8, 4) is 0 Å². The van der Waals surface area contributed by atoms with Crippen LogP contribution in [-0.2, 0) is 27.4 Å². The highest BCUT2D eigenvalue weighted by atomic mass is 16.6. The number of ether oxygens (including phenoxy) is 1. The van der Waals surface area contributed by atoms with Crippen LogP contribution in [0.5, 0.6) is 0 Å². The Morgan fingerprint density at radius 3 is 2.37 bits per heavy atom. The van der Waals surface area contributed by atoms with Gasteiger partial charge in [-0.3, -0.25) is 24.2 Å². The highest BCUT2D eigenvalue weighted by molar-refractivity contribution is 6.05. The van der Waals surface area contributed by atoms with Crippen molar-refractivity contribution in [2.45, 2.75) is 64.4 Å². The second-order valence-electron chi connectivity index (χ2n) is 12.0. The quantitative estimate of drug-likeness (QED) is 0.558. The lowest BCUT2D eigenvalue weighted by molar-refractivity contribution is -0.150. The molecule has 0 aromatic heterocycles. The fourth-order valence-electron chi connectivity index (χ4n) is 5.73. The third kappa shape index (κ3) is 5.99. The monoisotopic (exact) mass is 562 g/mol. The first-order valence-corrected chi connectivity index (χ1v) is 14.1. The number of benzene rings is 2. The van der Waals surface area contributed by atoms with Crippen LogP contribution in [0.4, 0.5) is 4.79 Å². The molecule has 0 saturated carbocycles. The van der Waals surface area contributed by atoms with E-state index in [1.165, 1.54) is 11.9 Å². The normalized spacial score (nSPS) is 20.9. The van der Waals surface area contributed by atoms with Crippen LogP contribution in [0.3, 0.4) is 0 Å². The second-order valence-corrected chi connectivity index (χ2v) is 12.0. The topological polar surface area (TPSA) is 111 Å². The number of likely N-dealkylation sites (N-methyl/N-ethyl adjacent to an activating group) is 1. The Bertz CT molecular complexity index is 1340. The van der Waals surface area contributed by atoms with Gasteiger partial charge in [0, 0.05) is 58.3 Å². The smallest absolute Gasteiger partial charge is 0.410 e. The molecule has 3 aliphatic rings. The Labute approximate surface area is 240 Å². The molecule has 218 valence electrons. The van der Waals surface area contributed by atoms with Crippen molar-refractivity contribution in [3.63, 3.8) is 0 Å². The van der Waals surface area contributed by atoms with Gasteiger partial charge in [0.25, 0.3) is 11.8 Å². The molecule has 0 spiro atoms. The van der Waals surface area contributed by atoms with Gasteiger partial charge in [0.1, 0.15) is 17.7 Å². The lowest BCUT2D eigenvalue weighted by Gasteiger charge is -2.35. The van der Waals surface area contributed by atoms with Crippen molar-refractivity contribution in [2.75, 3.05) is 33.2 Å². The maximum Gasteiger partial charge on any atom is 0.410 e. The molecule has 2 aromatic rings. The molecular weight excluding hydrogens is 524 g/mol. The lowest BCUT2D eigenvalue weighted by atomic mass is 9.94. The largest absolute Gasteiger partial charge is 0.444 e. The molecule has 10 nitrogen and oxygen atoms in total. The lowest BCUT2D eigenvalue weighted by Crippen LogP contribution is -2.53. The number of carbonyl (C=O) groups is 4. The van der Waals surface area contributed by atoms with Crippen LogP contribution < -0.4 is 0 Å². The molecule has 0 radical (unpaired) electrons. The number of likely N-dealkylation sites (tertiary alicyclic amines) is 1. The number of hydrogen-bond acceptors (Lipinski definition) is 7. The van der Waals surface area contributed by atoms with E-state index in [1.807, 2.05) is 51.1 Å². The maximum atomic E-state index is 13.2. The van der Waals surface area contributed by atoms with Crippen molar-refractivity contribution in [2.24, 2.45) is 0 Å². The Balaban J connectivity index is 1.22. The summed E-state index contributed by atoms with van der Waals surface area (Å²) in [6, 6.07) is 12.4. The Morgan fingerprint density at radius 2 is 1.71 bits per heavy atom. The molecule has 10 heteroatoms. The van der Waals surface area contributed by atoms with Crippen molar-refractivity contribution in [3.05, 3.63) is 70.3 Å². The number of rotatable bonds is 5. The van der Waals surface area contributed by atoms with E-state index >= 15 is 0 Å². The highest BCUT2D eigenvalue weighted by Gasteiger charge is 2.42. The van der Waals surface area contributed by atoms with E-state index in [9.17, 15) is 24.3 Å². The summed E-state index contributed by atoms with van der Waals surface area (Å²) in [5.41, 5.74) is 3.13. The SMILES string of the molecule is CN1C(=O)CCC(N2Cc3c(cccc3C(O)c3ccc(CN4CCN(C(=O)OC(C)(C)C)CC4)cc3)C2=O)C1=O. The van der Waals surface area contributed by atoms with Gasteiger partial charge >= 0.3 is 6.09 Å². The zero-order valence-corrected chi connectivity index (χ0v) is 24.1. The molecule has 1 N–H and O–H groups in total. The zero-order valence-electron chi connectivity index (χ0n) is 24.1. The fraction of sp³-hybridized carbons (Fsp3) is 0.484. The van der Waals surface area contributed by atoms with Crippen LogP contribution in [0.15, 0.2) is 42.5 Å². The minimum absolute atomic E-state index is 0.215. The first-order chi connectivity index (χ1) is 19.4. The zero-order chi connectivity index (χ0) is 29.5. The Hall–Kier alpha value is -3.76. The predicted molar refractivity (Wildman–Crippen MR) is 151 cm³/mol. The summed E-state index contributed by atoms with van der Waals surface area (Å²) in [6.07, 6.45) is -0.693. The Kier molecular flexibility index (Phi) is 7.89. The number of aliphatic hydroxyl groups excluding tert-OH is 1. The average molecular weight is 563 g/mol. The molecule has 41 heavy (non-hydrogen) atoms. The summed E-state index contributed by atoms with van der Waals surface area (Å²) in [5, 5.41) is 11.3. The van der Waals surface area contributed by atoms with Gasteiger partial charge in [-0.25, -0.2) is 4.79 Å². The third-order valence-electron chi connectivity index (χ3n) is 8.05. The van der Waals surface area contributed by atoms with Gasteiger partial charge in [-0.2, -0.15) is 0 Å². The van der Waals surface area contributed by atoms with Crippen LogP contribution in [0.1, 0.15) is 72.3 Å². The number of aliphatic hydroxyl groups is 1. The van der Waals surface area contributed by atoms with Crippen molar-refractivity contribution in [1.82, 2.24) is 19.6 Å². The van der Waals surface area contributed by atoms with E-state index in [-0.39, 0.29) is 36.8 Å². The van der Waals surface area contributed by atoms with Crippen LogP contribution in [0.25, 0.3) is 0 Å². The number of imide groups is 1. The third-order valence-corrected chi connectivity index (χ3v) is 8.05. The van der Waals surface area contributed by atoms with E-state index in [2.05, 4.69) is 4.90 Å². The molecular formula is C31H38N4O6. The average Bonchev–Trinajstić information content (AvgIpc) is 3.27. The molecule has 2 atom stereocenters. The predicted octanol–water partition coefficient (Wildman–Crippen LogP) is 2.92. The van der Waals surface area contributed by atoms with Gasteiger partial charge in [0.15, 0.2) is 0 Å². The first kappa shape index (κ1) is 28.8. The molecule has 3 heterocycles. The molecule has 0 aliphatic carbocycles. The number of fused-ring (bicyclic) bond motifs is 1. The van der Waals surface area contributed by atoms with Gasteiger partial charge in [-0.15, -0.1) is 0 Å². The Morgan fingerprint density at radius 1 is 1.02 bits per heavy atom. The molecule has 3 aliphatic heterocycles. The van der Waals surface area contributed by atoms with Gasteiger partial charge in [-0.05, 0) is 55.5 Å². The molecule has 5 rings (SSSR count). The van der Waals surface area contributed by atoms with Crippen LogP contribution in [0.2, 0.25) is 0 Å². The molecule has 2 unspecified atom stereocenters. The summed E-state index contributed by atoms with van der Waals surface area (Å²) in [5.74, 6) is -0.860. The van der Waals surface area contributed by atoms with Gasteiger partial charge in [0.05, 0.1) is 0 Å². The van der Waals surface area contributed by atoms with Crippen molar-refractivity contribution < 1.29 is 29.0 Å². The van der Waals surface area contributed by atoms with E-state index in [4.69, 9.17) is 4.74 Å². The van der Waals surface area contributed by atoms with E-state index < -0.39 is 17.7 Å².